The molecule has 2 aromatic rings. The van der Waals surface area contributed by atoms with Crippen LogP contribution in [0.1, 0.15) is 6.42 Å². The lowest BCUT2D eigenvalue weighted by atomic mass is 10.1. The van der Waals surface area contributed by atoms with Crippen LogP contribution in [0.15, 0.2) is 47.4 Å². The molecule has 0 aromatic heterocycles. The summed E-state index contributed by atoms with van der Waals surface area (Å²) in [5.41, 5.74) is 0. The van der Waals surface area contributed by atoms with Crippen molar-refractivity contribution in [2.24, 2.45) is 0 Å². The molecule has 1 aliphatic heterocycles. The molecular formula is C16H17NO3S2. The van der Waals surface area contributed by atoms with Gasteiger partial charge in [-0.25, -0.2) is 8.42 Å². The molecule has 1 saturated heterocycles. The van der Waals surface area contributed by atoms with Crippen molar-refractivity contribution in [2.75, 3.05) is 17.3 Å². The van der Waals surface area contributed by atoms with Gasteiger partial charge in [-0.3, -0.25) is 4.79 Å². The van der Waals surface area contributed by atoms with Gasteiger partial charge in [0.05, 0.1) is 17.3 Å². The maximum atomic E-state index is 11.9. The van der Waals surface area contributed by atoms with Crippen molar-refractivity contribution in [3.8, 4) is 0 Å². The summed E-state index contributed by atoms with van der Waals surface area (Å²) < 4.78 is 22.7. The Hall–Kier alpha value is -1.53. The van der Waals surface area contributed by atoms with E-state index in [0.717, 1.165) is 10.3 Å². The minimum atomic E-state index is -2.95. The molecule has 3 rings (SSSR count). The van der Waals surface area contributed by atoms with E-state index in [0.29, 0.717) is 12.2 Å². The van der Waals surface area contributed by atoms with E-state index in [4.69, 9.17) is 0 Å². The number of carbonyl (C=O) groups excluding carboxylic acids is 1. The minimum Gasteiger partial charge on any atom is -0.352 e. The molecule has 116 valence electrons. The number of amides is 1. The van der Waals surface area contributed by atoms with E-state index in [-0.39, 0.29) is 23.5 Å². The first-order valence-corrected chi connectivity index (χ1v) is 9.94. The number of thioether (sulfide) groups is 1. The summed E-state index contributed by atoms with van der Waals surface area (Å²) in [6.45, 7) is 0. The summed E-state index contributed by atoms with van der Waals surface area (Å²) in [5.74, 6) is 0.435. The normalized spacial score (nSPS) is 20.1. The molecule has 0 unspecified atom stereocenters. The van der Waals surface area contributed by atoms with Gasteiger partial charge >= 0.3 is 0 Å². The number of fused-ring (bicyclic) bond motifs is 1. The van der Waals surface area contributed by atoms with Crippen LogP contribution in [0.25, 0.3) is 10.8 Å². The van der Waals surface area contributed by atoms with Crippen molar-refractivity contribution in [1.29, 1.82) is 0 Å². The predicted octanol–water partition coefficient (Wildman–Crippen LogP) is 2.24. The summed E-state index contributed by atoms with van der Waals surface area (Å²) in [6, 6.07) is 14.0. The summed E-state index contributed by atoms with van der Waals surface area (Å²) in [4.78, 5) is 13.0. The second kappa shape index (κ2) is 6.30. The van der Waals surface area contributed by atoms with Gasteiger partial charge in [-0.2, -0.15) is 0 Å². The largest absolute Gasteiger partial charge is 0.352 e. The first kappa shape index (κ1) is 15.4. The van der Waals surface area contributed by atoms with E-state index in [2.05, 4.69) is 17.4 Å². The van der Waals surface area contributed by atoms with Crippen LogP contribution in [0.3, 0.4) is 0 Å². The molecular weight excluding hydrogens is 318 g/mol. The molecule has 1 atom stereocenters. The Kier molecular flexibility index (Phi) is 4.40. The maximum Gasteiger partial charge on any atom is 0.230 e. The monoisotopic (exact) mass is 335 g/mol. The SMILES string of the molecule is O=C(CSc1ccc2ccccc2c1)N[C@@H]1CCS(=O)(=O)C1. The zero-order chi connectivity index (χ0) is 15.6. The number of sulfone groups is 1. The van der Waals surface area contributed by atoms with Crippen LogP contribution in [0.4, 0.5) is 0 Å². The Morgan fingerprint density at radius 2 is 1.95 bits per heavy atom. The average molecular weight is 335 g/mol. The van der Waals surface area contributed by atoms with Crippen LogP contribution in [-0.4, -0.2) is 37.6 Å². The fraction of sp³-hybridized carbons (Fsp3) is 0.312. The first-order chi connectivity index (χ1) is 10.5. The second-order valence-electron chi connectivity index (χ2n) is 5.47. The molecule has 2 aromatic carbocycles. The van der Waals surface area contributed by atoms with E-state index in [1.807, 2.05) is 30.3 Å². The Bertz CT molecular complexity index is 802. The highest BCUT2D eigenvalue weighted by Gasteiger charge is 2.28. The fourth-order valence-electron chi connectivity index (χ4n) is 2.58. The van der Waals surface area contributed by atoms with Crippen LogP contribution >= 0.6 is 11.8 Å². The molecule has 1 N–H and O–H groups in total. The summed E-state index contributed by atoms with van der Waals surface area (Å²) in [5, 5.41) is 5.12. The Balaban J connectivity index is 1.56. The molecule has 1 fully saturated rings. The number of rotatable bonds is 4. The fourth-order valence-corrected chi connectivity index (χ4v) is 5.01. The van der Waals surface area contributed by atoms with Gasteiger partial charge in [0.25, 0.3) is 0 Å². The van der Waals surface area contributed by atoms with E-state index < -0.39 is 9.84 Å². The smallest absolute Gasteiger partial charge is 0.230 e. The van der Waals surface area contributed by atoms with Gasteiger partial charge in [0.1, 0.15) is 0 Å². The molecule has 4 nitrogen and oxygen atoms in total. The van der Waals surface area contributed by atoms with Crippen LogP contribution in [-0.2, 0) is 14.6 Å². The van der Waals surface area contributed by atoms with Gasteiger partial charge in [0.2, 0.25) is 5.91 Å². The van der Waals surface area contributed by atoms with Crippen molar-refractivity contribution in [2.45, 2.75) is 17.4 Å². The topological polar surface area (TPSA) is 63.2 Å². The highest BCUT2D eigenvalue weighted by molar-refractivity contribution is 8.00. The lowest BCUT2D eigenvalue weighted by Gasteiger charge is -2.10. The van der Waals surface area contributed by atoms with Gasteiger partial charge < -0.3 is 5.32 Å². The molecule has 0 bridgehead atoms. The van der Waals surface area contributed by atoms with E-state index in [1.54, 1.807) is 0 Å². The van der Waals surface area contributed by atoms with Gasteiger partial charge in [-0.15, -0.1) is 11.8 Å². The van der Waals surface area contributed by atoms with E-state index >= 15 is 0 Å². The zero-order valence-corrected chi connectivity index (χ0v) is 13.6. The Labute approximate surface area is 134 Å². The Morgan fingerprint density at radius 3 is 2.68 bits per heavy atom. The first-order valence-electron chi connectivity index (χ1n) is 7.13. The maximum absolute atomic E-state index is 11.9. The number of hydrogen-bond donors (Lipinski definition) is 1. The molecule has 1 heterocycles. The van der Waals surface area contributed by atoms with Crippen molar-refractivity contribution in [1.82, 2.24) is 5.32 Å². The summed E-state index contributed by atoms with van der Waals surface area (Å²) in [7, 11) is -2.95. The van der Waals surface area contributed by atoms with Crippen molar-refractivity contribution in [3.63, 3.8) is 0 Å². The average Bonchev–Trinajstić information content (AvgIpc) is 2.84. The standard InChI is InChI=1S/C16H17NO3S2/c18-16(17-14-7-8-22(19,20)11-14)10-21-15-6-5-12-3-1-2-4-13(12)9-15/h1-6,9,14H,7-8,10-11H2,(H,17,18)/t14-/m1/s1. The molecule has 0 spiro atoms. The van der Waals surface area contributed by atoms with E-state index in [9.17, 15) is 13.2 Å². The van der Waals surface area contributed by atoms with E-state index in [1.165, 1.54) is 17.1 Å². The van der Waals surface area contributed by atoms with Crippen molar-refractivity contribution < 1.29 is 13.2 Å². The molecule has 22 heavy (non-hydrogen) atoms. The highest BCUT2D eigenvalue weighted by Crippen LogP contribution is 2.23. The molecule has 0 saturated carbocycles. The Morgan fingerprint density at radius 1 is 1.18 bits per heavy atom. The number of nitrogens with one attached hydrogen (secondary N) is 1. The van der Waals surface area contributed by atoms with Crippen LogP contribution in [0, 0.1) is 0 Å². The van der Waals surface area contributed by atoms with Crippen LogP contribution < -0.4 is 5.32 Å². The summed E-state index contributed by atoms with van der Waals surface area (Å²) >= 11 is 1.47. The van der Waals surface area contributed by atoms with Gasteiger partial charge in [0.15, 0.2) is 9.84 Å². The third-order valence-corrected chi connectivity index (χ3v) is 6.45. The third kappa shape index (κ3) is 3.81. The number of carbonyl (C=O) groups is 1. The van der Waals surface area contributed by atoms with Crippen molar-refractivity contribution >= 4 is 38.3 Å². The number of hydrogen-bond acceptors (Lipinski definition) is 4. The van der Waals surface area contributed by atoms with Gasteiger partial charge in [0, 0.05) is 10.9 Å². The van der Waals surface area contributed by atoms with Crippen LogP contribution in [0.2, 0.25) is 0 Å². The lowest BCUT2D eigenvalue weighted by Crippen LogP contribution is -2.36. The third-order valence-electron chi connectivity index (χ3n) is 3.69. The zero-order valence-electron chi connectivity index (χ0n) is 12.0. The lowest BCUT2D eigenvalue weighted by molar-refractivity contribution is -0.119. The molecule has 0 radical (unpaired) electrons. The molecule has 0 aliphatic carbocycles. The molecule has 1 amide bonds. The van der Waals surface area contributed by atoms with Crippen LogP contribution in [0.5, 0.6) is 0 Å². The quantitative estimate of drug-likeness (QED) is 0.871. The van der Waals surface area contributed by atoms with Gasteiger partial charge in [-0.05, 0) is 29.3 Å². The number of benzene rings is 2. The van der Waals surface area contributed by atoms with Crippen molar-refractivity contribution in [3.05, 3.63) is 42.5 Å². The molecule has 1 aliphatic rings. The molecule has 6 heteroatoms. The second-order valence-corrected chi connectivity index (χ2v) is 8.74. The minimum absolute atomic E-state index is 0.0688. The predicted molar refractivity (Wildman–Crippen MR) is 89.9 cm³/mol. The van der Waals surface area contributed by atoms with Gasteiger partial charge in [-0.1, -0.05) is 30.3 Å². The highest BCUT2D eigenvalue weighted by atomic mass is 32.2. The summed E-state index contributed by atoms with van der Waals surface area (Å²) in [6.07, 6.45) is 0.523.